The first-order chi connectivity index (χ1) is 11.7. The van der Waals surface area contributed by atoms with Crippen LogP contribution in [0.2, 0.25) is 0 Å². The number of aromatic nitrogens is 1. The van der Waals surface area contributed by atoms with Crippen LogP contribution < -0.4 is 10.1 Å². The van der Waals surface area contributed by atoms with Gasteiger partial charge in [-0.05, 0) is 30.4 Å². The van der Waals surface area contributed by atoms with Crippen molar-refractivity contribution in [1.82, 2.24) is 9.88 Å². The average molecular weight is 342 g/mol. The van der Waals surface area contributed by atoms with Crippen LogP contribution in [-0.4, -0.2) is 17.6 Å². The van der Waals surface area contributed by atoms with Crippen LogP contribution in [0.3, 0.4) is 0 Å². The molecule has 6 heteroatoms. The van der Waals surface area contributed by atoms with E-state index in [1.165, 1.54) is 0 Å². The van der Waals surface area contributed by atoms with E-state index in [2.05, 4.69) is 5.32 Å². The highest BCUT2D eigenvalue weighted by atomic mass is 32.1. The lowest BCUT2D eigenvalue weighted by Crippen LogP contribution is -2.24. The zero-order chi connectivity index (χ0) is 16.9. The monoisotopic (exact) mass is 342 g/mol. The molecule has 3 rings (SSSR count). The minimum absolute atomic E-state index is 0.0481. The molecule has 0 fully saturated rings. The highest BCUT2D eigenvalue weighted by molar-refractivity contribution is 7.71. The molecule has 1 heterocycles. The number of carbonyl (C=O) groups is 1. The summed E-state index contributed by atoms with van der Waals surface area (Å²) in [5.41, 5.74) is 2.58. The summed E-state index contributed by atoms with van der Waals surface area (Å²) in [7, 11) is 1.62. The largest absolute Gasteiger partial charge is 0.496 e. The number of aryl methyl sites for hydroxylation is 1. The topological polar surface area (TPSA) is 56.4 Å². The van der Waals surface area contributed by atoms with E-state index in [0.29, 0.717) is 24.3 Å². The highest BCUT2D eigenvalue weighted by Gasteiger charge is 2.09. The molecule has 0 unspecified atom stereocenters. The van der Waals surface area contributed by atoms with Gasteiger partial charge < -0.3 is 14.5 Å². The molecule has 124 valence electrons. The summed E-state index contributed by atoms with van der Waals surface area (Å²) in [5, 5.41) is 2.91. The van der Waals surface area contributed by atoms with Crippen LogP contribution in [-0.2, 0) is 17.9 Å². The summed E-state index contributed by atoms with van der Waals surface area (Å²) >= 11 is 5.23. The van der Waals surface area contributed by atoms with Gasteiger partial charge in [0, 0.05) is 25.1 Å². The molecular weight excluding hydrogens is 324 g/mol. The summed E-state index contributed by atoms with van der Waals surface area (Å²) in [6.45, 7) is 0.911. The van der Waals surface area contributed by atoms with Crippen LogP contribution in [0.5, 0.6) is 5.75 Å². The second-order valence-electron chi connectivity index (χ2n) is 5.33. The minimum Gasteiger partial charge on any atom is -0.496 e. The maximum Gasteiger partial charge on any atom is 0.269 e. The number of para-hydroxylation sites is 3. The molecule has 0 saturated carbocycles. The van der Waals surface area contributed by atoms with Crippen molar-refractivity contribution in [2.75, 3.05) is 7.11 Å². The number of ether oxygens (including phenoxy) is 1. The number of nitrogens with one attached hydrogen (secondary N) is 1. The van der Waals surface area contributed by atoms with Crippen molar-refractivity contribution in [3.8, 4) is 5.75 Å². The Kier molecular flexibility index (Phi) is 4.96. The number of rotatable bonds is 6. The molecule has 0 bridgehead atoms. The molecule has 1 N–H and O–H groups in total. The van der Waals surface area contributed by atoms with E-state index in [4.69, 9.17) is 21.4 Å². The maximum atomic E-state index is 12.1. The fourth-order valence-corrected chi connectivity index (χ4v) is 2.85. The van der Waals surface area contributed by atoms with Crippen molar-refractivity contribution in [3.63, 3.8) is 0 Å². The molecular formula is C18H18N2O3S. The van der Waals surface area contributed by atoms with Gasteiger partial charge in [0.2, 0.25) is 5.91 Å². The summed E-state index contributed by atoms with van der Waals surface area (Å²) in [6.07, 6.45) is 0.326. The third kappa shape index (κ3) is 3.49. The molecule has 0 aliphatic carbocycles. The van der Waals surface area contributed by atoms with Gasteiger partial charge in [0.05, 0.1) is 12.6 Å². The van der Waals surface area contributed by atoms with Crippen molar-refractivity contribution in [1.29, 1.82) is 0 Å². The van der Waals surface area contributed by atoms with E-state index in [9.17, 15) is 4.79 Å². The van der Waals surface area contributed by atoms with Crippen LogP contribution in [0.25, 0.3) is 11.1 Å². The molecule has 1 amide bonds. The summed E-state index contributed by atoms with van der Waals surface area (Å²) in [5.74, 6) is 0.717. The second-order valence-corrected chi connectivity index (χ2v) is 5.68. The van der Waals surface area contributed by atoms with Crippen LogP contribution in [0.4, 0.5) is 0 Å². The third-order valence-electron chi connectivity index (χ3n) is 3.80. The van der Waals surface area contributed by atoms with Gasteiger partial charge in [0.1, 0.15) is 5.75 Å². The van der Waals surface area contributed by atoms with Crippen LogP contribution in [0, 0.1) is 4.84 Å². The number of nitrogens with zero attached hydrogens (tertiary/aromatic N) is 1. The lowest BCUT2D eigenvalue weighted by atomic mass is 10.2. The number of amides is 1. The van der Waals surface area contributed by atoms with Crippen molar-refractivity contribution in [2.45, 2.75) is 19.5 Å². The number of carbonyl (C=O) groups excluding carboxylic acids is 1. The summed E-state index contributed by atoms with van der Waals surface area (Å²) < 4.78 is 12.6. The Hall–Kier alpha value is -2.60. The van der Waals surface area contributed by atoms with E-state index >= 15 is 0 Å². The third-order valence-corrected chi connectivity index (χ3v) is 4.11. The van der Waals surface area contributed by atoms with E-state index in [1.807, 2.05) is 53.1 Å². The Morgan fingerprint density at radius 2 is 1.96 bits per heavy atom. The predicted molar refractivity (Wildman–Crippen MR) is 94.5 cm³/mol. The van der Waals surface area contributed by atoms with E-state index in [-0.39, 0.29) is 5.91 Å². The SMILES string of the molecule is COc1ccccc1CNC(=O)CCn1c(=S)oc2ccccc21. The summed E-state index contributed by atoms with van der Waals surface area (Å²) in [6, 6.07) is 15.2. The lowest BCUT2D eigenvalue weighted by molar-refractivity contribution is -0.121. The first-order valence-corrected chi connectivity index (χ1v) is 8.07. The minimum atomic E-state index is -0.0481. The Balaban J connectivity index is 1.61. The smallest absolute Gasteiger partial charge is 0.269 e. The molecule has 0 radical (unpaired) electrons. The molecule has 0 spiro atoms. The molecule has 3 aromatic rings. The Labute approximate surface area is 144 Å². The van der Waals surface area contributed by atoms with Gasteiger partial charge in [-0.3, -0.25) is 9.36 Å². The van der Waals surface area contributed by atoms with Gasteiger partial charge in [0.15, 0.2) is 5.58 Å². The molecule has 0 atom stereocenters. The molecule has 0 aliphatic rings. The standard InChI is InChI=1S/C18H18N2O3S/c1-22-15-8-4-2-6-13(15)12-19-17(21)10-11-20-14-7-3-5-9-16(14)23-18(20)24/h2-9H,10-12H2,1H3,(H,19,21). The van der Waals surface area contributed by atoms with Gasteiger partial charge in [-0.2, -0.15) is 0 Å². The van der Waals surface area contributed by atoms with Gasteiger partial charge in [-0.1, -0.05) is 30.3 Å². The molecule has 0 aliphatic heterocycles. The number of oxazole rings is 1. The van der Waals surface area contributed by atoms with Crippen LogP contribution >= 0.6 is 12.2 Å². The van der Waals surface area contributed by atoms with Gasteiger partial charge >= 0.3 is 0 Å². The van der Waals surface area contributed by atoms with E-state index < -0.39 is 0 Å². The van der Waals surface area contributed by atoms with Crippen molar-refractivity contribution in [2.24, 2.45) is 0 Å². The first kappa shape index (κ1) is 16.3. The van der Waals surface area contributed by atoms with Crippen molar-refractivity contribution in [3.05, 3.63) is 58.9 Å². The Morgan fingerprint density at radius 3 is 2.79 bits per heavy atom. The quantitative estimate of drug-likeness (QED) is 0.694. The Morgan fingerprint density at radius 1 is 1.21 bits per heavy atom. The van der Waals surface area contributed by atoms with Crippen LogP contribution in [0.15, 0.2) is 52.9 Å². The van der Waals surface area contributed by atoms with Gasteiger partial charge in [-0.25, -0.2) is 0 Å². The van der Waals surface area contributed by atoms with E-state index in [1.54, 1.807) is 7.11 Å². The van der Waals surface area contributed by atoms with Gasteiger partial charge in [0.25, 0.3) is 4.84 Å². The van der Waals surface area contributed by atoms with Gasteiger partial charge in [-0.15, -0.1) is 0 Å². The highest BCUT2D eigenvalue weighted by Crippen LogP contribution is 2.18. The lowest BCUT2D eigenvalue weighted by Gasteiger charge is -2.09. The zero-order valence-corrected chi connectivity index (χ0v) is 14.1. The number of benzene rings is 2. The molecule has 24 heavy (non-hydrogen) atoms. The zero-order valence-electron chi connectivity index (χ0n) is 13.3. The number of fused-ring (bicyclic) bond motifs is 1. The molecule has 5 nitrogen and oxygen atoms in total. The number of hydrogen-bond donors (Lipinski definition) is 1. The summed E-state index contributed by atoms with van der Waals surface area (Å²) in [4.78, 5) is 12.5. The second kappa shape index (κ2) is 7.31. The molecule has 0 saturated heterocycles. The molecule has 2 aromatic carbocycles. The number of methoxy groups -OCH3 is 1. The predicted octanol–water partition coefficient (Wildman–Crippen LogP) is 3.68. The normalized spacial score (nSPS) is 10.7. The fourth-order valence-electron chi connectivity index (χ4n) is 2.57. The Bertz CT molecular complexity index is 914. The van der Waals surface area contributed by atoms with Crippen molar-refractivity contribution >= 4 is 29.2 Å². The van der Waals surface area contributed by atoms with Crippen LogP contribution in [0.1, 0.15) is 12.0 Å². The maximum absolute atomic E-state index is 12.1. The van der Waals surface area contributed by atoms with Crippen molar-refractivity contribution < 1.29 is 13.9 Å². The molecule has 1 aromatic heterocycles. The fraction of sp³-hybridized carbons (Fsp3) is 0.222. The first-order valence-electron chi connectivity index (χ1n) is 7.66. The van der Waals surface area contributed by atoms with E-state index in [0.717, 1.165) is 22.4 Å². The average Bonchev–Trinajstić information content (AvgIpc) is 2.93. The number of hydrogen-bond acceptors (Lipinski definition) is 4.